The van der Waals surface area contributed by atoms with Gasteiger partial charge in [0.15, 0.2) is 0 Å². The van der Waals surface area contributed by atoms with Crippen LogP contribution in [0.3, 0.4) is 0 Å². The maximum Gasteiger partial charge on any atom is 0.235 e. The van der Waals surface area contributed by atoms with Crippen LogP contribution in [0.15, 0.2) is 29.6 Å². The van der Waals surface area contributed by atoms with E-state index in [9.17, 15) is 9.00 Å². The Bertz CT molecular complexity index is 761. The van der Waals surface area contributed by atoms with E-state index in [1.54, 1.807) is 14.0 Å². The van der Waals surface area contributed by atoms with Gasteiger partial charge < -0.3 is 10.1 Å². The summed E-state index contributed by atoms with van der Waals surface area (Å²) in [5, 5.41) is 5.08. The van der Waals surface area contributed by atoms with Crippen molar-refractivity contribution < 1.29 is 13.7 Å². The molecule has 0 spiro atoms. The summed E-state index contributed by atoms with van der Waals surface area (Å²) in [5.41, 5.74) is 1.65. The molecule has 1 N–H and O–H groups in total. The summed E-state index contributed by atoms with van der Waals surface area (Å²) < 4.78 is 17.9. The molecular weight excluding hydrogens is 368 g/mol. The number of para-hydroxylation sites is 1. The molecule has 26 heavy (non-hydrogen) atoms. The van der Waals surface area contributed by atoms with Crippen molar-refractivity contribution in [1.82, 2.24) is 10.3 Å². The molecule has 3 unspecified atom stereocenters. The Hall–Kier alpha value is -1.73. The number of nitrogens with zero attached hydrogens (tertiary/aromatic N) is 1. The zero-order chi connectivity index (χ0) is 19.1. The van der Waals surface area contributed by atoms with Gasteiger partial charge in [-0.05, 0) is 32.4 Å². The second-order valence-electron chi connectivity index (χ2n) is 6.21. The molecule has 2 rings (SSSR count). The maximum absolute atomic E-state index is 12.6. The summed E-state index contributed by atoms with van der Waals surface area (Å²) in [5.74, 6) is 0.860. The van der Waals surface area contributed by atoms with Crippen molar-refractivity contribution in [3.63, 3.8) is 0 Å². The zero-order valence-corrected chi connectivity index (χ0v) is 17.3. The fourth-order valence-corrected chi connectivity index (χ4v) is 4.52. The van der Waals surface area contributed by atoms with E-state index in [0.717, 1.165) is 34.9 Å². The summed E-state index contributed by atoms with van der Waals surface area (Å²) in [6, 6.07) is 7.78. The van der Waals surface area contributed by atoms with Crippen LogP contribution in [0, 0.1) is 0 Å². The van der Waals surface area contributed by atoms with E-state index in [2.05, 4.69) is 17.2 Å². The number of methoxy groups -OCH3 is 1. The van der Waals surface area contributed by atoms with Gasteiger partial charge in [0, 0.05) is 22.2 Å². The number of amides is 1. The molecular formula is C19H26N2O3S2. The third kappa shape index (κ3) is 5.38. The van der Waals surface area contributed by atoms with Gasteiger partial charge in [0.1, 0.15) is 16.0 Å². The van der Waals surface area contributed by atoms with Gasteiger partial charge in [0.25, 0.3) is 0 Å². The molecule has 1 aromatic carbocycles. The van der Waals surface area contributed by atoms with Crippen molar-refractivity contribution in [3.8, 4) is 16.3 Å². The predicted molar refractivity (Wildman–Crippen MR) is 108 cm³/mol. The first-order chi connectivity index (χ1) is 12.5. The minimum atomic E-state index is -1.32. The smallest absolute Gasteiger partial charge is 0.235 e. The number of rotatable bonds is 9. The van der Waals surface area contributed by atoms with Crippen molar-refractivity contribution >= 4 is 28.0 Å². The molecule has 2 aromatic rings. The van der Waals surface area contributed by atoms with Crippen molar-refractivity contribution in [1.29, 1.82) is 0 Å². The molecule has 7 heteroatoms. The number of benzene rings is 1. The highest BCUT2D eigenvalue weighted by molar-refractivity contribution is 7.85. The molecule has 1 aromatic heterocycles. The number of thiazole rings is 1. The van der Waals surface area contributed by atoms with E-state index in [0.29, 0.717) is 0 Å². The van der Waals surface area contributed by atoms with Gasteiger partial charge in [-0.15, -0.1) is 11.3 Å². The summed E-state index contributed by atoms with van der Waals surface area (Å²) in [6.45, 7) is 5.75. The lowest BCUT2D eigenvalue weighted by molar-refractivity contribution is -0.121. The van der Waals surface area contributed by atoms with Crippen molar-refractivity contribution in [3.05, 3.63) is 35.3 Å². The lowest BCUT2D eigenvalue weighted by Crippen LogP contribution is -2.40. The molecule has 0 saturated heterocycles. The van der Waals surface area contributed by atoms with Crippen molar-refractivity contribution in [2.24, 2.45) is 0 Å². The first kappa shape index (κ1) is 20.6. The topological polar surface area (TPSA) is 68.3 Å². The Morgan fingerprint density at radius 1 is 1.35 bits per heavy atom. The van der Waals surface area contributed by atoms with Gasteiger partial charge in [-0.1, -0.05) is 25.5 Å². The largest absolute Gasteiger partial charge is 0.496 e. The molecule has 0 fully saturated rings. The van der Waals surface area contributed by atoms with Gasteiger partial charge in [-0.25, -0.2) is 4.98 Å². The summed E-state index contributed by atoms with van der Waals surface area (Å²) >= 11 is 1.49. The van der Waals surface area contributed by atoms with Gasteiger partial charge in [0.2, 0.25) is 5.91 Å². The van der Waals surface area contributed by atoms with Gasteiger partial charge >= 0.3 is 0 Å². The van der Waals surface area contributed by atoms with Crippen LogP contribution in [0.4, 0.5) is 0 Å². The first-order valence-corrected chi connectivity index (χ1v) is 11.0. The number of aromatic nitrogens is 1. The third-order valence-corrected chi connectivity index (χ3v) is 6.56. The molecule has 0 aliphatic rings. The van der Waals surface area contributed by atoms with Gasteiger partial charge in [-0.2, -0.15) is 0 Å². The van der Waals surface area contributed by atoms with Gasteiger partial charge in [0.05, 0.1) is 24.1 Å². The Labute approximate surface area is 161 Å². The fraction of sp³-hybridized carbons (Fsp3) is 0.474. The molecule has 3 atom stereocenters. The Morgan fingerprint density at radius 3 is 2.77 bits per heavy atom. The average Bonchev–Trinajstić information content (AvgIpc) is 3.09. The highest BCUT2D eigenvalue weighted by Crippen LogP contribution is 2.32. The fourth-order valence-electron chi connectivity index (χ4n) is 2.57. The molecule has 1 amide bonds. The highest BCUT2D eigenvalue weighted by atomic mass is 32.2. The summed E-state index contributed by atoms with van der Waals surface area (Å²) in [6.07, 6.45) is 1.92. The van der Waals surface area contributed by atoms with Crippen molar-refractivity contribution in [2.45, 2.75) is 50.7 Å². The number of carbonyl (C=O) groups excluding carboxylic acids is 1. The lowest BCUT2D eigenvalue weighted by atomic mass is 10.2. The Morgan fingerprint density at radius 2 is 2.08 bits per heavy atom. The minimum absolute atomic E-state index is 0.100. The zero-order valence-electron chi connectivity index (χ0n) is 15.7. The Kier molecular flexibility index (Phi) is 7.78. The van der Waals surface area contributed by atoms with Crippen molar-refractivity contribution in [2.75, 3.05) is 7.11 Å². The predicted octanol–water partition coefficient (Wildman–Crippen LogP) is 3.76. The van der Waals surface area contributed by atoms with E-state index in [4.69, 9.17) is 4.74 Å². The van der Waals surface area contributed by atoms with Crippen LogP contribution in [0.2, 0.25) is 0 Å². The standard InChI is InChI=1S/C19H26N2O3S2/c1-5-8-13(2)20-18(22)14(3)26(23)12-15-11-25-19(21-15)16-9-6-7-10-17(16)24-4/h6-7,9-11,13-14H,5,8,12H2,1-4H3,(H,20,22). The molecule has 0 aliphatic heterocycles. The van der Waals surface area contributed by atoms with Crippen LogP contribution >= 0.6 is 11.3 Å². The number of carbonyl (C=O) groups is 1. The van der Waals surface area contributed by atoms with E-state index in [-0.39, 0.29) is 17.7 Å². The molecule has 1 heterocycles. The Balaban J connectivity index is 2.02. The van der Waals surface area contributed by atoms with E-state index in [1.165, 1.54) is 11.3 Å². The quantitative estimate of drug-likeness (QED) is 0.703. The molecule has 142 valence electrons. The van der Waals surface area contributed by atoms with Gasteiger partial charge in [-0.3, -0.25) is 9.00 Å². The third-order valence-electron chi connectivity index (χ3n) is 4.05. The second-order valence-corrected chi connectivity index (χ2v) is 8.83. The van der Waals surface area contributed by atoms with Crippen LogP contribution in [-0.4, -0.2) is 33.5 Å². The molecule has 0 aliphatic carbocycles. The monoisotopic (exact) mass is 394 g/mol. The summed E-state index contributed by atoms with van der Waals surface area (Å²) in [7, 11) is 0.312. The second kappa shape index (κ2) is 9.83. The highest BCUT2D eigenvalue weighted by Gasteiger charge is 2.22. The number of ether oxygens (including phenoxy) is 1. The van der Waals surface area contributed by atoms with Crippen LogP contribution in [-0.2, 0) is 21.3 Å². The van der Waals surface area contributed by atoms with E-state index < -0.39 is 16.0 Å². The molecule has 5 nitrogen and oxygen atoms in total. The van der Waals surface area contributed by atoms with Crippen LogP contribution in [0.5, 0.6) is 5.75 Å². The number of hydrogen-bond acceptors (Lipinski definition) is 5. The molecule has 0 bridgehead atoms. The average molecular weight is 395 g/mol. The molecule has 0 saturated carbocycles. The van der Waals surface area contributed by atoms with Crippen LogP contribution in [0.1, 0.15) is 39.3 Å². The minimum Gasteiger partial charge on any atom is -0.496 e. The number of hydrogen-bond donors (Lipinski definition) is 1. The summed E-state index contributed by atoms with van der Waals surface area (Å²) in [4.78, 5) is 16.8. The van der Waals surface area contributed by atoms with Crippen LogP contribution < -0.4 is 10.1 Å². The SMILES string of the molecule is CCCC(C)NC(=O)C(C)S(=O)Cc1csc(-c2ccccc2OC)n1. The maximum atomic E-state index is 12.6. The number of nitrogens with one attached hydrogen (secondary N) is 1. The van der Waals surface area contributed by atoms with E-state index in [1.807, 2.05) is 36.6 Å². The lowest BCUT2D eigenvalue weighted by Gasteiger charge is -2.16. The molecule has 0 radical (unpaired) electrons. The van der Waals surface area contributed by atoms with E-state index >= 15 is 0 Å². The first-order valence-electron chi connectivity index (χ1n) is 8.71. The van der Waals surface area contributed by atoms with Crippen LogP contribution in [0.25, 0.3) is 10.6 Å². The normalized spacial score (nSPS) is 14.5.